The summed E-state index contributed by atoms with van der Waals surface area (Å²) in [4.78, 5) is 22.2. The zero-order chi connectivity index (χ0) is 11.1. The molecule has 14 heavy (non-hydrogen) atoms. The van der Waals surface area contributed by atoms with Crippen LogP contribution in [-0.4, -0.2) is 36.2 Å². The Bertz CT molecular complexity index is 237. The van der Waals surface area contributed by atoms with Gasteiger partial charge in [-0.3, -0.25) is 4.79 Å². The van der Waals surface area contributed by atoms with Crippen LogP contribution in [0.5, 0.6) is 0 Å². The maximum Gasteiger partial charge on any atom is 0.331 e. The fourth-order valence-corrected chi connectivity index (χ4v) is 0.703. The van der Waals surface area contributed by atoms with Gasteiger partial charge < -0.3 is 15.2 Å². The molecule has 0 bridgehead atoms. The van der Waals surface area contributed by atoms with Crippen molar-refractivity contribution in [3.8, 4) is 0 Å². The Morgan fingerprint density at radius 3 is 2.50 bits per heavy atom. The smallest absolute Gasteiger partial charge is 0.331 e. The van der Waals surface area contributed by atoms with Gasteiger partial charge in [0, 0.05) is 5.57 Å². The van der Waals surface area contributed by atoms with Gasteiger partial charge in [-0.2, -0.15) is 0 Å². The number of ether oxygens (including phenoxy) is 1. The fraction of sp³-hybridized carbons (Fsp3) is 0.556. The Morgan fingerprint density at radius 1 is 1.57 bits per heavy atom. The Morgan fingerprint density at radius 2 is 2.14 bits per heavy atom. The largest absolute Gasteiger partial charge is 0.464 e. The average Bonchev–Trinajstić information content (AvgIpc) is 2.13. The Balaban J connectivity index is 4.21. The highest BCUT2D eigenvalue weighted by Crippen LogP contribution is 1.92. The van der Waals surface area contributed by atoms with Gasteiger partial charge in [-0.1, -0.05) is 6.58 Å². The summed E-state index contributed by atoms with van der Waals surface area (Å²) in [5, 5.41) is 11.1. The van der Waals surface area contributed by atoms with Crippen molar-refractivity contribution >= 4 is 11.9 Å². The van der Waals surface area contributed by atoms with Crippen molar-refractivity contribution in [3.05, 3.63) is 12.2 Å². The molecule has 0 aliphatic rings. The van der Waals surface area contributed by atoms with Crippen molar-refractivity contribution in [2.45, 2.75) is 19.9 Å². The predicted octanol–water partition coefficient (Wildman–Crippen LogP) is -0.397. The van der Waals surface area contributed by atoms with Crippen molar-refractivity contribution in [3.63, 3.8) is 0 Å². The van der Waals surface area contributed by atoms with Gasteiger partial charge >= 0.3 is 5.97 Å². The lowest BCUT2D eigenvalue weighted by Gasteiger charge is -2.14. The quantitative estimate of drug-likeness (QED) is 0.469. The zero-order valence-electron chi connectivity index (χ0n) is 8.37. The van der Waals surface area contributed by atoms with Gasteiger partial charge in [0.05, 0.1) is 13.2 Å². The third-order valence-corrected chi connectivity index (χ3v) is 1.45. The minimum Gasteiger partial charge on any atom is -0.464 e. The first-order valence-corrected chi connectivity index (χ1v) is 4.26. The second kappa shape index (κ2) is 6.15. The van der Waals surface area contributed by atoms with Gasteiger partial charge in [-0.25, -0.2) is 4.79 Å². The lowest BCUT2D eigenvalue weighted by molar-refractivity contribution is -0.148. The van der Waals surface area contributed by atoms with Crippen LogP contribution in [0.25, 0.3) is 0 Å². The SMILES string of the molecule is C=C(C)C(=O)N[C@@H](CO)C(=O)OCC. The summed E-state index contributed by atoms with van der Waals surface area (Å²) in [6.07, 6.45) is 0. The lowest BCUT2D eigenvalue weighted by atomic mass is 10.2. The van der Waals surface area contributed by atoms with Crippen LogP contribution in [0.2, 0.25) is 0 Å². The maximum atomic E-state index is 11.1. The van der Waals surface area contributed by atoms with Crippen LogP contribution >= 0.6 is 0 Å². The normalized spacial score (nSPS) is 11.6. The van der Waals surface area contributed by atoms with Crippen LogP contribution in [0.4, 0.5) is 0 Å². The number of hydrogen-bond acceptors (Lipinski definition) is 4. The molecule has 0 radical (unpaired) electrons. The molecule has 5 nitrogen and oxygen atoms in total. The molecular weight excluding hydrogens is 186 g/mol. The predicted molar refractivity (Wildman–Crippen MR) is 50.5 cm³/mol. The number of carbonyl (C=O) groups is 2. The summed E-state index contributed by atoms with van der Waals surface area (Å²) in [5.41, 5.74) is 0.271. The number of aliphatic hydroxyl groups excluding tert-OH is 1. The molecule has 0 aromatic rings. The van der Waals surface area contributed by atoms with E-state index in [2.05, 4.69) is 16.6 Å². The molecule has 2 N–H and O–H groups in total. The monoisotopic (exact) mass is 201 g/mol. The molecule has 1 amide bonds. The number of rotatable bonds is 5. The van der Waals surface area contributed by atoms with E-state index in [1.807, 2.05) is 0 Å². The van der Waals surface area contributed by atoms with Crippen LogP contribution in [0, 0.1) is 0 Å². The molecule has 0 saturated heterocycles. The molecule has 80 valence electrons. The Hall–Kier alpha value is -1.36. The highest BCUT2D eigenvalue weighted by molar-refractivity contribution is 5.95. The van der Waals surface area contributed by atoms with Crippen LogP contribution in [-0.2, 0) is 14.3 Å². The first kappa shape index (κ1) is 12.6. The third kappa shape index (κ3) is 4.04. The van der Waals surface area contributed by atoms with E-state index in [9.17, 15) is 9.59 Å². The topological polar surface area (TPSA) is 75.6 Å². The van der Waals surface area contributed by atoms with E-state index < -0.39 is 24.5 Å². The van der Waals surface area contributed by atoms with Crippen LogP contribution in [0.1, 0.15) is 13.8 Å². The van der Waals surface area contributed by atoms with Gasteiger partial charge in [-0.15, -0.1) is 0 Å². The molecule has 0 fully saturated rings. The van der Waals surface area contributed by atoms with Crippen molar-refractivity contribution in [1.29, 1.82) is 0 Å². The lowest BCUT2D eigenvalue weighted by Crippen LogP contribution is -2.44. The number of carbonyl (C=O) groups excluding carboxylic acids is 2. The molecule has 0 aliphatic heterocycles. The van der Waals surface area contributed by atoms with Crippen molar-refractivity contribution < 1.29 is 19.4 Å². The van der Waals surface area contributed by atoms with Gasteiger partial charge in [0.2, 0.25) is 5.91 Å². The van der Waals surface area contributed by atoms with E-state index in [-0.39, 0.29) is 12.2 Å². The van der Waals surface area contributed by atoms with E-state index in [1.165, 1.54) is 6.92 Å². The van der Waals surface area contributed by atoms with Crippen molar-refractivity contribution in [2.75, 3.05) is 13.2 Å². The molecule has 0 saturated carbocycles. The summed E-state index contributed by atoms with van der Waals surface area (Å²) in [7, 11) is 0. The summed E-state index contributed by atoms with van der Waals surface area (Å²) in [6, 6.07) is -1.01. The summed E-state index contributed by atoms with van der Waals surface area (Å²) >= 11 is 0. The first-order chi connectivity index (χ1) is 6.52. The van der Waals surface area contributed by atoms with Gasteiger partial charge in [0.15, 0.2) is 6.04 Å². The standard InChI is InChI=1S/C9H15NO4/c1-4-14-9(13)7(5-11)10-8(12)6(2)3/h7,11H,2,4-5H2,1,3H3,(H,10,12)/t7-/m0/s1. The molecular formula is C9H15NO4. The molecule has 0 unspecified atom stereocenters. The Kier molecular flexibility index (Phi) is 5.55. The molecule has 0 heterocycles. The average molecular weight is 201 g/mol. The highest BCUT2D eigenvalue weighted by atomic mass is 16.5. The van der Waals surface area contributed by atoms with E-state index >= 15 is 0 Å². The third-order valence-electron chi connectivity index (χ3n) is 1.45. The molecule has 0 spiro atoms. The number of esters is 1. The van der Waals surface area contributed by atoms with Crippen molar-refractivity contribution in [1.82, 2.24) is 5.32 Å². The van der Waals surface area contributed by atoms with Crippen molar-refractivity contribution in [2.24, 2.45) is 0 Å². The second-order valence-electron chi connectivity index (χ2n) is 2.74. The van der Waals surface area contributed by atoms with E-state index in [4.69, 9.17) is 5.11 Å². The minimum atomic E-state index is -1.01. The van der Waals surface area contributed by atoms with E-state index in [0.29, 0.717) is 0 Å². The molecule has 5 heteroatoms. The summed E-state index contributed by atoms with van der Waals surface area (Å²) < 4.78 is 4.63. The first-order valence-electron chi connectivity index (χ1n) is 4.26. The summed E-state index contributed by atoms with van der Waals surface area (Å²) in [5.74, 6) is -1.12. The molecule has 1 atom stereocenters. The second-order valence-corrected chi connectivity index (χ2v) is 2.74. The van der Waals surface area contributed by atoms with Gasteiger partial charge in [0.1, 0.15) is 0 Å². The minimum absolute atomic E-state index is 0.207. The molecule has 0 aromatic carbocycles. The number of amides is 1. The number of hydrogen-bond donors (Lipinski definition) is 2. The summed E-state index contributed by atoms with van der Waals surface area (Å²) in [6.45, 7) is 6.27. The van der Waals surface area contributed by atoms with E-state index in [1.54, 1.807) is 6.92 Å². The van der Waals surface area contributed by atoms with E-state index in [0.717, 1.165) is 0 Å². The Labute approximate surface area is 82.7 Å². The zero-order valence-corrected chi connectivity index (χ0v) is 8.37. The fourth-order valence-electron chi connectivity index (χ4n) is 0.703. The molecule has 0 aliphatic carbocycles. The van der Waals surface area contributed by atoms with Gasteiger partial charge in [0.25, 0.3) is 0 Å². The molecule has 0 rings (SSSR count). The highest BCUT2D eigenvalue weighted by Gasteiger charge is 2.20. The number of aliphatic hydroxyl groups is 1. The van der Waals surface area contributed by atoms with Crippen LogP contribution < -0.4 is 5.32 Å². The molecule has 0 aromatic heterocycles. The van der Waals surface area contributed by atoms with Gasteiger partial charge in [-0.05, 0) is 13.8 Å². The van der Waals surface area contributed by atoms with Crippen LogP contribution in [0.15, 0.2) is 12.2 Å². The maximum absolute atomic E-state index is 11.1. The van der Waals surface area contributed by atoms with Crippen LogP contribution in [0.3, 0.4) is 0 Å². The number of nitrogens with one attached hydrogen (secondary N) is 1.